The Labute approximate surface area is 153 Å². The minimum Gasteiger partial charge on any atom is -0.352 e. The fourth-order valence-electron chi connectivity index (χ4n) is 2.38. The van der Waals surface area contributed by atoms with Gasteiger partial charge in [-0.25, -0.2) is 17.5 Å². The van der Waals surface area contributed by atoms with Crippen molar-refractivity contribution in [2.45, 2.75) is 37.6 Å². The molecule has 0 spiro atoms. The number of benzene rings is 2. The third-order valence-corrected chi connectivity index (χ3v) is 5.28. The van der Waals surface area contributed by atoms with Gasteiger partial charge in [0.05, 0.1) is 4.90 Å². The van der Waals surface area contributed by atoms with E-state index in [1.165, 1.54) is 36.4 Å². The zero-order valence-corrected chi connectivity index (χ0v) is 15.5. The first-order chi connectivity index (χ1) is 12.4. The zero-order chi connectivity index (χ0) is 19.0. The van der Waals surface area contributed by atoms with E-state index in [2.05, 4.69) is 17.0 Å². The van der Waals surface area contributed by atoms with Crippen LogP contribution in [0.15, 0.2) is 53.4 Å². The molecule has 0 saturated carbocycles. The molecule has 0 aromatic heterocycles. The Kier molecular flexibility index (Phi) is 7.29. The Hall–Kier alpha value is -2.25. The van der Waals surface area contributed by atoms with Gasteiger partial charge in [0.25, 0.3) is 5.91 Å². The molecule has 0 radical (unpaired) electrons. The summed E-state index contributed by atoms with van der Waals surface area (Å²) >= 11 is 0. The van der Waals surface area contributed by atoms with E-state index in [9.17, 15) is 17.6 Å². The number of amides is 1. The Morgan fingerprint density at radius 1 is 1.08 bits per heavy atom. The maximum atomic E-state index is 13.6. The van der Waals surface area contributed by atoms with Gasteiger partial charge in [0.1, 0.15) is 5.82 Å². The smallest absolute Gasteiger partial charge is 0.251 e. The Morgan fingerprint density at radius 2 is 1.85 bits per heavy atom. The summed E-state index contributed by atoms with van der Waals surface area (Å²) in [5.74, 6) is -0.789. The van der Waals surface area contributed by atoms with Crippen molar-refractivity contribution in [3.63, 3.8) is 0 Å². The highest BCUT2D eigenvalue weighted by molar-refractivity contribution is 7.89. The van der Waals surface area contributed by atoms with Crippen LogP contribution in [0.2, 0.25) is 0 Å². The van der Waals surface area contributed by atoms with Gasteiger partial charge < -0.3 is 5.32 Å². The molecule has 5 nitrogen and oxygen atoms in total. The van der Waals surface area contributed by atoms with Gasteiger partial charge in [0.2, 0.25) is 10.0 Å². The van der Waals surface area contributed by atoms with Gasteiger partial charge in [0.15, 0.2) is 0 Å². The van der Waals surface area contributed by atoms with Crippen molar-refractivity contribution in [3.8, 4) is 0 Å². The van der Waals surface area contributed by atoms with Gasteiger partial charge >= 0.3 is 0 Å². The van der Waals surface area contributed by atoms with Crippen LogP contribution in [0.5, 0.6) is 0 Å². The molecule has 7 heteroatoms. The number of sulfonamides is 1. The lowest BCUT2D eigenvalue weighted by atomic mass is 10.2. The normalized spacial score (nSPS) is 11.3. The van der Waals surface area contributed by atoms with Crippen molar-refractivity contribution in [2.75, 3.05) is 6.54 Å². The summed E-state index contributed by atoms with van der Waals surface area (Å²) in [6.07, 6.45) is 2.95. The average Bonchev–Trinajstić information content (AvgIpc) is 2.64. The van der Waals surface area contributed by atoms with E-state index in [0.717, 1.165) is 19.3 Å². The number of hydrogen-bond acceptors (Lipinski definition) is 3. The molecule has 2 aromatic rings. The maximum absolute atomic E-state index is 13.6. The summed E-state index contributed by atoms with van der Waals surface area (Å²) in [5, 5.41) is 2.77. The van der Waals surface area contributed by atoms with Crippen LogP contribution in [-0.2, 0) is 16.6 Å². The van der Waals surface area contributed by atoms with E-state index < -0.39 is 15.8 Å². The van der Waals surface area contributed by atoms with E-state index >= 15 is 0 Å². The van der Waals surface area contributed by atoms with Gasteiger partial charge in [0, 0.05) is 24.2 Å². The molecule has 0 unspecified atom stereocenters. The second-order valence-electron chi connectivity index (χ2n) is 5.91. The van der Waals surface area contributed by atoms with E-state index in [-0.39, 0.29) is 28.5 Å². The molecule has 2 aromatic carbocycles. The molecule has 0 heterocycles. The largest absolute Gasteiger partial charge is 0.352 e. The molecule has 0 aliphatic heterocycles. The van der Waals surface area contributed by atoms with Crippen LogP contribution in [0.1, 0.15) is 42.1 Å². The summed E-state index contributed by atoms with van der Waals surface area (Å²) in [5.41, 5.74) is 0.524. The Balaban J connectivity index is 2.05. The molecular weight excluding hydrogens is 355 g/mol. The fourth-order valence-corrected chi connectivity index (χ4v) is 3.43. The van der Waals surface area contributed by atoms with Crippen LogP contribution >= 0.6 is 0 Å². The van der Waals surface area contributed by atoms with Gasteiger partial charge in [-0.3, -0.25) is 4.79 Å². The van der Waals surface area contributed by atoms with Gasteiger partial charge in [-0.15, -0.1) is 0 Å². The summed E-state index contributed by atoms with van der Waals surface area (Å²) in [6, 6.07) is 11.7. The number of carbonyl (C=O) groups excluding carboxylic acids is 1. The predicted octanol–water partition coefficient (Wildman–Crippen LogP) is 3.22. The highest BCUT2D eigenvalue weighted by Gasteiger charge is 2.16. The Morgan fingerprint density at radius 3 is 2.58 bits per heavy atom. The number of halogens is 1. The SMILES string of the molecule is CCCCCNC(=O)c1cccc(S(=O)(=O)NCc2ccccc2F)c1. The topological polar surface area (TPSA) is 75.3 Å². The molecule has 26 heavy (non-hydrogen) atoms. The monoisotopic (exact) mass is 378 g/mol. The zero-order valence-electron chi connectivity index (χ0n) is 14.7. The molecule has 0 bridgehead atoms. The van der Waals surface area contributed by atoms with Gasteiger partial charge in [-0.1, -0.05) is 44.0 Å². The second kappa shape index (κ2) is 9.45. The number of unbranched alkanes of at least 4 members (excludes halogenated alkanes) is 2. The summed E-state index contributed by atoms with van der Waals surface area (Å²) in [6.45, 7) is 2.46. The van der Waals surface area contributed by atoms with E-state index in [1.807, 2.05) is 0 Å². The summed E-state index contributed by atoms with van der Waals surface area (Å²) < 4.78 is 40.8. The maximum Gasteiger partial charge on any atom is 0.251 e. The molecule has 0 saturated heterocycles. The Bertz CT molecular complexity index is 853. The quantitative estimate of drug-likeness (QED) is 0.658. The minimum absolute atomic E-state index is 0.0324. The molecule has 2 N–H and O–H groups in total. The van der Waals surface area contributed by atoms with Crippen molar-refractivity contribution in [2.24, 2.45) is 0 Å². The first-order valence-corrected chi connectivity index (χ1v) is 10.0. The molecular formula is C19H23FN2O3S. The van der Waals surface area contributed by atoms with Crippen molar-refractivity contribution < 1.29 is 17.6 Å². The third-order valence-electron chi connectivity index (χ3n) is 3.88. The van der Waals surface area contributed by atoms with Crippen LogP contribution in [0, 0.1) is 5.82 Å². The van der Waals surface area contributed by atoms with E-state index in [0.29, 0.717) is 6.54 Å². The van der Waals surface area contributed by atoms with Crippen molar-refractivity contribution in [1.29, 1.82) is 0 Å². The standard InChI is InChI=1S/C19H23FN2O3S/c1-2-3-6-12-21-19(23)15-9-7-10-17(13-15)26(24,25)22-14-16-8-4-5-11-18(16)20/h4-5,7-11,13,22H,2-3,6,12,14H2,1H3,(H,21,23). The number of rotatable bonds is 9. The fraction of sp³-hybridized carbons (Fsp3) is 0.316. The first kappa shape index (κ1) is 20.1. The van der Waals surface area contributed by atoms with Crippen molar-refractivity contribution >= 4 is 15.9 Å². The van der Waals surface area contributed by atoms with E-state index in [4.69, 9.17) is 0 Å². The molecule has 0 fully saturated rings. The lowest BCUT2D eigenvalue weighted by molar-refractivity contribution is 0.0952. The molecule has 0 aliphatic carbocycles. The summed E-state index contributed by atoms with van der Waals surface area (Å²) in [4.78, 5) is 12.1. The number of hydrogen-bond donors (Lipinski definition) is 2. The van der Waals surface area contributed by atoms with Crippen LogP contribution in [-0.4, -0.2) is 20.9 Å². The lowest BCUT2D eigenvalue weighted by Crippen LogP contribution is -2.26. The van der Waals surface area contributed by atoms with Crippen molar-refractivity contribution in [3.05, 3.63) is 65.5 Å². The third kappa shape index (κ3) is 5.64. The van der Waals surface area contributed by atoms with Gasteiger partial charge in [-0.05, 0) is 30.7 Å². The number of nitrogens with one attached hydrogen (secondary N) is 2. The van der Waals surface area contributed by atoms with Crippen LogP contribution in [0.3, 0.4) is 0 Å². The van der Waals surface area contributed by atoms with Gasteiger partial charge in [-0.2, -0.15) is 0 Å². The molecule has 0 atom stereocenters. The van der Waals surface area contributed by atoms with Crippen LogP contribution < -0.4 is 10.0 Å². The molecule has 2 rings (SSSR count). The predicted molar refractivity (Wildman–Crippen MR) is 98.7 cm³/mol. The first-order valence-electron chi connectivity index (χ1n) is 8.55. The van der Waals surface area contributed by atoms with Crippen LogP contribution in [0.4, 0.5) is 4.39 Å². The summed E-state index contributed by atoms with van der Waals surface area (Å²) in [7, 11) is -3.86. The molecule has 1 amide bonds. The van der Waals surface area contributed by atoms with E-state index in [1.54, 1.807) is 12.1 Å². The highest BCUT2D eigenvalue weighted by Crippen LogP contribution is 2.13. The molecule has 0 aliphatic rings. The van der Waals surface area contributed by atoms with Crippen LogP contribution in [0.25, 0.3) is 0 Å². The lowest BCUT2D eigenvalue weighted by Gasteiger charge is -2.09. The van der Waals surface area contributed by atoms with Crippen molar-refractivity contribution in [1.82, 2.24) is 10.0 Å². The minimum atomic E-state index is -3.86. The number of carbonyl (C=O) groups is 1. The molecule has 140 valence electrons. The highest BCUT2D eigenvalue weighted by atomic mass is 32.2. The average molecular weight is 378 g/mol. The second-order valence-corrected chi connectivity index (χ2v) is 7.67.